The summed E-state index contributed by atoms with van der Waals surface area (Å²) in [4.78, 5) is 20.9. The minimum absolute atomic E-state index is 0.102. The number of hydrogen-bond acceptors (Lipinski definition) is 2. The van der Waals surface area contributed by atoms with Crippen molar-refractivity contribution in [3.63, 3.8) is 0 Å². The summed E-state index contributed by atoms with van der Waals surface area (Å²) in [5, 5.41) is 8.50. The van der Waals surface area contributed by atoms with Crippen LogP contribution in [0.3, 0.4) is 0 Å². The summed E-state index contributed by atoms with van der Waals surface area (Å²) in [5.41, 5.74) is -0.572. The van der Waals surface area contributed by atoms with Crippen LogP contribution in [0.1, 0.15) is 12.8 Å². The molecule has 0 aromatic carbocycles. The van der Waals surface area contributed by atoms with Crippen LogP contribution >= 0.6 is 0 Å². The van der Waals surface area contributed by atoms with Gasteiger partial charge in [-0.1, -0.05) is 0 Å². The zero-order chi connectivity index (χ0) is 6.65. The van der Waals surface area contributed by atoms with E-state index < -0.39 is 11.4 Å². The molecule has 0 aromatic heterocycles. The van der Waals surface area contributed by atoms with Gasteiger partial charge >= 0.3 is 5.97 Å². The third-order valence-corrected chi connectivity index (χ3v) is 2.38. The monoisotopic (exact) mass is 126 g/mol. The molecule has 0 spiro atoms. The summed E-state index contributed by atoms with van der Waals surface area (Å²) >= 11 is 0. The van der Waals surface area contributed by atoms with Crippen LogP contribution in [0.4, 0.5) is 0 Å². The standard InChI is InChI=1S/C6H6O3/c7-4-2-6(5(8)9)1-3(4)6/h3H,1-2H2,(H,8,9). The van der Waals surface area contributed by atoms with E-state index in [1.807, 2.05) is 0 Å². The molecule has 2 atom stereocenters. The van der Waals surface area contributed by atoms with E-state index in [0.29, 0.717) is 6.42 Å². The van der Waals surface area contributed by atoms with Gasteiger partial charge in [-0.05, 0) is 6.42 Å². The van der Waals surface area contributed by atoms with E-state index in [9.17, 15) is 9.59 Å². The van der Waals surface area contributed by atoms with Crippen molar-refractivity contribution in [2.24, 2.45) is 11.3 Å². The molecule has 2 aliphatic rings. The fourth-order valence-corrected chi connectivity index (χ4v) is 1.54. The van der Waals surface area contributed by atoms with Crippen molar-refractivity contribution < 1.29 is 14.7 Å². The van der Waals surface area contributed by atoms with E-state index in [0.717, 1.165) is 0 Å². The summed E-state index contributed by atoms with van der Waals surface area (Å²) in [6.07, 6.45) is 0.883. The topological polar surface area (TPSA) is 54.4 Å². The van der Waals surface area contributed by atoms with Gasteiger partial charge in [0.2, 0.25) is 0 Å². The van der Waals surface area contributed by atoms with E-state index in [2.05, 4.69) is 0 Å². The van der Waals surface area contributed by atoms with Gasteiger partial charge in [0, 0.05) is 12.3 Å². The summed E-state index contributed by atoms with van der Waals surface area (Å²) in [6, 6.07) is 0. The normalized spacial score (nSPS) is 45.3. The number of Topliss-reactive ketones (excluding diaryl/α,β-unsaturated/α-hetero) is 1. The Labute approximate surface area is 51.7 Å². The number of rotatable bonds is 1. The van der Waals surface area contributed by atoms with Crippen molar-refractivity contribution in [3.8, 4) is 0 Å². The Morgan fingerprint density at radius 2 is 2.44 bits per heavy atom. The highest BCUT2D eigenvalue weighted by molar-refractivity contribution is 6.04. The van der Waals surface area contributed by atoms with Gasteiger partial charge in [-0.25, -0.2) is 0 Å². The first-order valence-electron chi connectivity index (χ1n) is 2.93. The second-order valence-corrected chi connectivity index (χ2v) is 2.86. The fourth-order valence-electron chi connectivity index (χ4n) is 1.54. The highest BCUT2D eigenvalue weighted by Gasteiger charge is 2.72. The minimum atomic E-state index is -0.785. The van der Waals surface area contributed by atoms with Gasteiger partial charge in [0.25, 0.3) is 0 Å². The zero-order valence-electron chi connectivity index (χ0n) is 4.76. The molecule has 0 amide bonds. The van der Waals surface area contributed by atoms with Crippen LogP contribution in [0.15, 0.2) is 0 Å². The predicted octanol–water partition coefficient (Wildman–Crippen LogP) is 0.0501. The molecule has 0 aliphatic heterocycles. The highest BCUT2D eigenvalue weighted by atomic mass is 16.4. The number of hydrogen-bond donors (Lipinski definition) is 1. The molecule has 0 heterocycles. The summed E-state index contributed by atoms with van der Waals surface area (Å²) < 4.78 is 0. The van der Waals surface area contributed by atoms with E-state index in [-0.39, 0.29) is 18.1 Å². The number of carboxylic acids is 1. The molecule has 2 saturated carbocycles. The molecule has 2 fully saturated rings. The molecule has 48 valence electrons. The molecule has 3 nitrogen and oxygen atoms in total. The van der Waals surface area contributed by atoms with Gasteiger partial charge < -0.3 is 5.11 Å². The maximum atomic E-state index is 10.5. The Morgan fingerprint density at radius 3 is 2.56 bits per heavy atom. The lowest BCUT2D eigenvalue weighted by Crippen LogP contribution is -2.32. The second-order valence-electron chi connectivity index (χ2n) is 2.86. The largest absolute Gasteiger partial charge is 0.481 e. The van der Waals surface area contributed by atoms with Gasteiger partial charge in [-0.2, -0.15) is 0 Å². The molecule has 0 radical (unpaired) electrons. The third-order valence-electron chi connectivity index (χ3n) is 2.38. The smallest absolute Gasteiger partial charge is 0.310 e. The van der Waals surface area contributed by atoms with Crippen molar-refractivity contribution in [2.75, 3.05) is 0 Å². The van der Waals surface area contributed by atoms with Gasteiger partial charge in [-0.3, -0.25) is 9.59 Å². The van der Waals surface area contributed by atoms with Gasteiger partial charge in [0.05, 0.1) is 5.41 Å². The van der Waals surface area contributed by atoms with Crippen LogP contribution in [0.2, 0.25) is 0 Å². The lowest BCUT2D eigenvalue weighted by atomic mass is 9.84. The Bertz CT molecular complexity index is 208. The highest BCUT2D eigenvalue weighted by Crippen LogP contribution is 2.65. The number of carboxylic acid groups (broad SMARTS) is 1. The SMILES string of the molecule is O=C1CC2(C(=O)O)CC12. The average Bonchev–Trinajstić information content (AvgIpc) is 2.36. The molecule has 2 unspecified atom stereocenters. The molecular weight excluding hydrogens is 120 g/mol. The Hall–Kier alpha value is -0.860. The van der Waals surface area contributed by atoms with Crippen LogP contribution in [-0.2, 0) is 9.59 Å². The van der Waals surface area contributed by atoms with E-state index in [1.165, 1.54) is 0 Å². The van der Waals surface area contributed by atoms with Gasteiger partial charge in [-0.15, -0.1) is 0 Å². The van der Waals surface area contributed by atoms with Crippen LogP contribution in [0.25, 0.3) is 0 Å². The predicted molar refractivity (Wildman–Crippen MR) is 27.8 cm³/mol. The molecule has 9 heavy (non-hydrogen) atoms. The number of carbonyl (C=O) groups is 2. The van der Waals surface area contributed by atoms with E-state index in [1.54, 1.807) is 0 Å². The fraction of sp³-hybridized carbons (Fsp3) is 0.667. The summed E-state index contributed by atoms with van der Waals surface area (Å²) in [5.74, 6) is -0.750. The van der Waals surface area contributed by atoms with Crippen LogP contribution < -0.4 is 0 Å². The van der Waals surface area contributed by atoms with E-state index >= 15 is 0 Å². The molecule has 0 saturated heterocycles. The first-order chi connectivity index (χ1) is 4.17. The number of ketones is 1. The van der Waals surface area contributed by atoms with Gasteiger partial charge in [0.1, 0.15) is 5.78 Å². The maximum absolute atomic E-state index is 10.5. The van der Waals surface area contributed by atoms with E-state index in [4.69, 9.17) is 5.11 Å². The summed E-state index contributed by atoms with van der Waals surface area (Å²) in [7, 11) is 0. The minimum Gasteiger partial charge on any atom is -0.481 e. The first kappa shape index (κ1) is 4.97. The molecule has 1 N–H and O–H groups in total. The number of aliphatic carboxylic acids is 1. The van der Waals surface area contributed by atoms with Crippen LogP contribution in [0.5, 0.6) is 0 Å². The molecule has 2 aliphatic carbocycles. The lowest BCUT2D eigenvalue weighted by molar-refractivity contribution is -0.151. The quantitative estimate of drug-likeness (QED) is 0.540. The molecule has 2 rings (SSSR count). The Morgan fingerprint density at radius 1 is 1.78 bits per heavy atom. The van der Waals surface area contributed by atoms with Gasteiger partial charge in [0.15, 0.2) is 0 Å². The first-order valence-corrected chi connectivity index (χ1v) is 2.93. The molecule has 0 aromatic rings. The summed E-state index contributed by atoms with van der Waals surface area (Å²) in [6.45, 7) is 0. The Balaban J connectivity index is 2.20. The maximum Gasteiger partial charge on any atom is 0.310 e. The van der Waals surface area contributed by atoms with Crippen molar-refractivity contribution in [3.05, 3.63) is 0 Å². The van der Waals surface area contributed by atoms with Crippen molar-refractivity contribution in [2.45, 2.75) is 12.8 Å². The van der Waals surface area contributed by atoms with Crippen LogP contribution in [-0.4, -0.2) is 16.9 Å². The number of fused-ring (bicyclic) bond motifs is 1. The Kier molecular flexibility index (Phi) is 0.570. The molecule has 0 bridgehead atoms. The molecule has 3 heteroatoms. The third kappa shape index (κ3) is 0.352. The van der Waals surface area contributed by atoms with Crippen molar-refractivity contribution in [1.29, 1.82) is 0 Å². The lowest BCUT2D eigenvalue weighted by Gasteiger charge is -2.18. The zero-order valence-corrected chi connectivity index (χ0v) is 4.76. The van der Waals surface area contributed by atoms with Crippen molar-refractivity contribution in [1.82, 2.24) is 0 Å². The number of carbonyl (C=O) groups excluding carboxylic acids is 1. The van der Waals surface area contributed by atoms with Crippen LogP contribution in [0, 0.1) is 11.3 Å². The second kappa shape index (κ2) is 1.03. The average molecular weight is 126 g/mol. The van der Waals surface area contributed by atoms with Crippen molar-refractivity contribution >= 4 is 11.8 Å². The molecular formula is C6H6O3.